The average Bonchev–Trinajstić information content (AvgIpc) is 2.78. The van der Waals surface area contributed by atoms with Gasteiger partial charge in [0.05, 0.1) is 12.5 Å². The minimum Gasteiger partial charge on any atom is -0.508 e. The topological polar surface area (TPSA) is 60.8 Å². The highest BCUT2D eigenvalue weighted by Gasteiger charge is 2.32. The van der Waals surface area contributed by atoms with Gasteiger partial charge >= 0.3 is 0 Å². The molecule has 4 rings (SSSR count). The predicted molar refractivity (Wildman–Crippen MR) is 124 cm³/mol. The number of hydrogen-bond acceptors (Lipinski definition) is 3. The van der Waals surface area contributed by atoms with Crippen molar-refractivity contribution in [3.63, 3.8) is 0 Å². The van der Waals surface area contributed by atoms with E-state index in [2.05, 4.69) is 26.0 Å². The predicted octanol–water partition coefficient (Wildman–Crippen LogP) is 5.87. The zero-order valence-corrected chi connectivity index (χ0v) is 18.1. The van der Waals surface area contributed by atoms with Crippen LogP contribution in [0.5, 0.6) is 11.5 Å². The first-order valence-corrected chi connectivity index (χ1v) is 10.9. The van der Waals surface area contributed by atoms with E-state index < -0.39 is 0 Å². The van der Waals surface area contributed by atoms with E-state index in [1.54, 1.807) is 18.2 Å². The number of phenolic OH excluding ortho intramolecular Hbond substituents is 2. The van der Waals surface area contributed by atoms with Crippen LogP contribution in [-0.2, 0) is 17.8 Å². The first kappa shape index (κ1) is 21.0. The largest absolute Gasteiger partial charge is 0.508 e. The van der Waals surface area contributed by atoms with Gasteiger partial charge in [-0.2, -0.15) is 0 Å². The summed E-state index contributed by atoms with van der Waals surface area (Å²) in [5.41, 5.74) is 4.87. The molecule has 0 radical (unpaired) electrons. The second-order valence-corrected chi connectivity index (χ2v) is 8.63. The van der Waals surface area contributed by atoms with Crippen LogP contribution in [0.15, 0.2) is 66.7 Å². The molecule has 1 aliphatic carbocycles. The van der Waals surface area contributed by atoms with E-state index in [1.807, 2.05) is 41.3 Å². The van der Waals surface area contributed by atoms with Crippen molar-refractivity contribution in [2.24, 2.45) is 0 Å². The first-order chi connectivity index (χ1) is 14.9. The van der Waals surface area contributed by atoms with Crippen molar-refractivity contribution in [1.29, 1.82) is 0 Å². The maximum Gasteiger partial charge on any atom is 0.234 e. The molecule has 0 fully saturated rings. The second kappa shape index (κ2) is 8.84. The quantitative estimate of drug-likeness (QED) is 0.547. The number of rotatable bonds is 5. The lowest BCUT2D eigenvalue weighted by atomic mass is 9.81. The molecule has 4 heteroatoms. The molecular formula is C27H29NO3. The number of hydrogen-bond donors (Lipinski definition) is 2. The van der Waals surface area contributed by atoms with Crippen LogP contribution < -0.4 is 4.90 Å². The molecule has 0 heterocycles. The van der Waals surface area contributed by atoms with Crippen molar-refractivity contribution in [1.82, 2.24) is 0 Å². The molecule has 0 bridgehead atoms. The Balaban J connectivity index is 1.71. The van der Waals surface area contributed by atoms with E-state index >= 15 is 0 Å². The number of nitrogens with zero attached hydrogens (tertiary/aromatic N) is 1. The van der Waals surface area contributed by atoms with Crippen molar-refractivity contribution < 1.29 is 15.0 Å². The Morgan fingerprint density at radius 2 is 1.71 bits per heavy atom. The molecule has 0 spiro atoms. The molecule has 3 aromatic carbocycles. The summed E-state index contributed by atoms with van der Waals surface area (Å²) in [6.45, 7) is 4.73. The third kappa shape index (κ3) is 4.43. The monoisotopic (exact) mass is 415 g/mol. The van der Waals surface area contributed by atoms with Crippen LogP contribution in [0.2, 0.25) is 0 Å². The summed E-state index contributed by atoms with van der Waals surface area (Å²) >= 11 is 0. The first-order valence-electron chi connectivity index (χ1n) is 10.9. The number of anilines is 1. The molecule has 3 aromatic rings. The van der Waals surface area contributed by atoms with Gasteiger partial charge in [-0.25, -0.2) is 0 Å². The minimum absolute atomic E-state index is 0.0388. The van der Waals surface area contributed by atoms with E-state index in [0.29, 0.717) is 12.5 Å². The SMILES string of the molecule is CC(C)c1ccc(N(Cc2ccc(O)cc2)C(=O)C2CCCc3c(O)cccc32)cc1. The maximum absolute atomic E-state index is 13.9. The summed E-state index contributed by atoms with van der Waals surface area (Å²) in [7, 11) is 0. The highest BCUT2D eigenvalue weighted by atomic mass is 16.3. The van der Waals surface area contributed by atoms with Crippen LogP contribution in [0.25, 0.3) is 0 Å². The highest BCUT2D eigenvalue weighted by molar-refractivity contribution is 5.98. The fourth-order valence-electron chi connectivity index (χ4n) is 4.39. The van der Waals surface area contributed by atoms with Crippen molar-refractivity contribution in [3.05, 3.63) is 89.0 Å². The Kier molecular flexibility index (Phi) is 5.99. The third-order valence-electron chi connectivity index (χ3n) is 6.20. The van der Waals surface area contributed by atoms with Gasteiger partial charge in [-0.05, 0) is 77.8 Å². The van der Waals surface area contributed by atoms with Gasteiger partial charge in [-0.3, -0.25) is 4.79 Å². The molecule has 31 heavy (non-hydrogen) atoms. The Labute approximate surface area is 183 Å². The Morgan fingerprint density at radius 3 is 2.39 bits per heavy atom. The molecule has 1 unspecified atom stereocenters. The van der Waals surface area contributed by atoms with Crippen LogP contribution in [0, 0.1) is 0 Å². The summed E-state index contributed by atoms with van der Waals surface area (Å²) < 4.78 is 0. The van der Waals surface area contributed by atoms with Gasteiger partial charge in [-0.15, -0.1) is 0 Å². The van der Waals surface area contributed by atoms with Gasteiger partial charge in [-0.1, -0.05) is 50.2 Å². The Morgan fingerprint density at radius 1 is 1.00 bits per heavy atom. The van der Waals surface area contributed by atoms with Gasteiger partial charge in [0.25, 0.3) is 0 Å². The number of phenols is 2. The molecule has 0 aliphatic heterocycles. The van der Waals surface area contributed by atoms with Crippen LogP contribution in [0.3, 0.4) is 0 Å². The Bertz CT molecular complexity index is 1050. The van der Waals surface area contributed by atoms with E-state index in [9.17, 15) is 15.0 Å². The van der Waals surface area contributed by atoms with Crippen molar-refractivity contribution in [2.45, 2.75) is 51.5 Å². The molecule has 4 nitrogen and oxygen atoms in total. The van der Waals surface area contributed by atoms with Crippen molar-refractivity contribution in [2.75, 3.05) is 4.90 Å². The smallest absolute Gasteiger partial charge is 0.234 e. The minimum atomic E-state index is -0.280. The van der Waals surface area contributed by atoms with Crippen LogP contribution >= 0.6 is 0 Å². The number of carbonyl (C=O) groups is 1. The zero-order valence-electron chi connectivity index (χ0n) is 18.1. The summed E-state index contributed by atoms with van der Waals surface area (Å²) in [5, 5.41) is 19.9. The highest BCUT2D eigenvalue weighted by Crippen LogP contribution is 2.38. The molecule has 2 N–H and O–H groups in total. The summed E-state index contributed by atoms with van der Waals surface area (Å²) in [4.78, 5) is 15.7. The average molecular weight is 416 g/mol. The van der Waals surface area contributed by atoms with Gasteiger partial charge in [0.15, 0.2) is 0 Å². The van der Waals surface area contributed by atoms with Crippen LogP contribution in [0.4, 0.5) is 5.69 Å². The molecule has 0 aromatic heterocycles. The molecule has 1 amide bonds. The summed E-state index contributed by atoms with van der Waals surface area (Å²) in [6, 6.07) is 20.7. The normalized spacial score (nSPS) is 15.5. The number of benzene rings is 3. The van der Waals surface area contributed by atoms with Crippen molar-refractivity contribution in [3.8, 4) is 11.5 Å². The molecule has 0 saturated carbocycles. The molecule has 1 aliphatic rings. The van der Waals surface area contributed by atoms with Gasteiger partial charge in [0.2, 0.25) is 5.91 Å². The zero-order chi connectivity index (χ0) is 22.0. The fraction of sp³-hybridized carbons (Fsp3) is 0.296. The fourth-order valence-corrected chi connectivity index (χ4v) is 4.39. The number of fused-ring (bicyclic) bond motifs is 1. The van der Waals surface area contributed by atoms with Crippen LogP contribution in [0.1, 0.15) is 60.8 Å². The second-order valence-electron chi connectivity index (χ2n) is 8.63. The number of aromatic hydroxyl groups is 2. The standard InChI is InChI=1S/C27H29NO3/c1-18(2)20-11-13-21(14-12-20)28(17-19-9-15-22(29)16-10-19)27(31)25-7-3-6-24-23(25)5-4-8-26(24)30/h4-5,8-16,18,25,29-30H,3,6-7,17H2,1-2H3. The van der Waals surface area contributed by atoms with Crippen LogP contribution in [-0.4, -0.2) is 16.1 Å². The van der Waals surface area contributed by atoms with E-state index in [4.69, 9.17) is 0 Å². The molecule has 160 valence electrons. The van der Waals surface area contributed by atoms with E-state index in [-0.39, 0.29) is 23.3 Å². The lowest BCUT2D eigenvalue weighted by Crippen LogP contribution is -2.36. The summed E-state index contributed by atoms with van der Waals surface area (Å²) in [5.74, 6) is 0.666. The van der Waals surface area contributed by atoms with Gasteiger partial charge < -0.3 is 15.1 Å². The van der Waals surface area contributed by atoms with Crippen molar-refractivity contribution >= 4 is 11.6 Å². The molecule has 0 saturated heterocycles. The van der Waals surface area contributed by atoms with E-state index in [0.717, 1.165) is 41.6 Å². The third-order valence-corrected chi connectivity index (χ3v) is 6.20. The van der Waals surface area contributed by atoms with Gasteiger partial charge in [0, 0.05) is 5.69 Å². The van der Waals surface area contributed by atoms with E-state index in [1.165, 1.54) is 5.56 Å². The van der Waals surface area contributed by atoms with Gasteiger partial charge in [0.1, 0.15) is 11.5 Å². The molecule has 1 atom stereocenters. The lowest BCUT2D eigenvalue weighted by Gasteiger charge is -2.31. The summed E-state index contributed by atoms with van der Waals surface area (Å²) in [6.07, 6.45) is 2.44. The lowest BCUT2D eigenvalue weighted by molar-refractivity contribution is -0.120. The number of amides is 1. The maximum atomic E-state index is 13.9. The molecular weight excluding hydrogens is 386 g/mol. The number of carbonyl (C=O) groups excluding carboxylic acids is 1. The Hall–Kier alpha value is -3.27.